The molecule has 6 heteroatoms. The van der Waals surface area contributed by atoms with E-state index in [9.17, 15) is 9.59 Å². The van der Waals surface area contributed by atoms with Crippen molar-refractivity contribution in [3.63, 3.8) is 0 Å². The monoisotopic (exact) mass is 380 g/mol. The van der Waals surface area contributed by atoms with Crippen LogP contribution in [0.25, 0.3) is 0 Å². The van der Waals surface area contributed by atoms with Crippen molar-refractivity contribution in [3.05, 3.63) is 39.9 Å². The lowest BCUT2D eigenvalue weighted by Gasteiger charge is -2.17. The quantitative estimate of drug-likeness (QED) is 0.553. The smallest absolute Gasteiger partial charge is 0.240 e. The Morgan fingerprint density at radius 2 is 1.92 bits per heavy atom. The fourth-order valence-electron chi connectivity index (χ4n) is 3.16. The van der Waals surface area contributed by atoms with E-state index >= 15 is 0 Å². The van der Waals surface area contributed by atoms with Gasteiger partial charge < -0.3 is 10.6 Å². The number of rotatable bonds is 6. The number of halogens is 2. The van der Waals surface area contributed by atoms with Crippen LogP contribution in [0, 0.1) is 5.41 Å². The van der Waals surface area contributed by atoms with Gasteiger partial charge in [0.2, 0.25) is 11.8 Å². The molecule has 4 nitrogen and oxygen atoms in total. The van der Waals surface area contributed by atoms with Gasteiger partial charge in [0.25, 0.3) is 0 Å². The second kappa shape index (κ2) is 7.79. The lowest BCUT2D eigenvalue weighted by molar-refractivity contribution is -0.134. The molecule has 0 bridgehead atoms. The van der Waals surface area contributed by atoms with Gasteiger partial charge >= 0.3 is 0 Å². The molecule has 0 radical (unpaired) electrons. The first kappa shape index (κ1) is 18.3. The maximum Gasteiger partial charge on any atom is 0.240 e. The average Bonchev–Trinajstić information content (AvgIpc) is 3.42. The van der Waals surface area contributed by atoms with Crippen LogP contribution in [0.1, 0.15) is 44.9 Å². The van der Waals surface area contributed by atoms with Crippen molar-refractivity contribution in [1.29, 1.82) is 0 Å². The number of hydrogen-bond donors (Lipinski definition) is 2. The molecule has 3 rings (SSSR count). The molecule has 0 aliphatic heterocycles. The van der Waals surface area contributed by atoms with Crippen LogP contribution in [0.2, 0.25) is 10.0 Å². The summed E-state index contributed by atoms with van der Waals surface area (Å²) in [6, 6.07) is 5.04. The number of anilines is 1. The van der Waals surface area contributed by atoms with E-state index in [4.69, 9.17) is 23.2 Å². The number of carbonyl (C=O) groups excluding carboxylic acids is 2. The largest absolute Gasteiger partial charge is 0.355 e. The van der Waals surface area contributed by atoms with Gasteiger partial charge in [-0.2, -0.15) is 0 Å². The van der Waals surface area contributed by atoms with E-state index in [1.807, 2.05) is 0 Å². The molecule has 1 saturated carbocycles. The van der Waals surface area contributed by atoms with Crippen molar-refractivity contribution in [2.75, 3.05) is 11.9 Å². The number of hydrogen-bond acceptors (Lipinski definition) is 2. The van der Waals surface area contributed by atoms with Crippen LogP contribution in [0.5, 0.6) is 0 Å². The first-order chi connectivity index (χ1) is 12.0. The van der Waals surface area contributed by atoms with Crippen LogP contribution in [-0.4, -0.2) is 18.4 Å². The summed E-state index contributed by atoms with van der Waals surface area (Å²) in [5.41, 5.74) is 0.879. The van der Waals surface area contributed by atoms with Gasteiger partial charge in [-0.3, -0.25) is 9.59 Å². The molecule has 0 atom stereocenters. The maximum absolute atomic E-state index is 12.6. The van der Waals surface area contributed by atoms with Crippen LogP contribution < -0.4 is 10.6 Å². The molecule has 25 heavy (non-hydrogen) atoms. The van der Waals surface area contributed by atoms with Crippen molar-refractivity contribution >= 4 is 40.7 Å². The maximum atomic E-state index is 12.6. The molecule has 0 heterocycles. The summed E-state index contributed by atoms with van der Waals surface area (Å²) in [6.45, 7) is 0.581. The van der Waals surface area contributed by atoms with Crippen LogP contribution in [0.15, 0.2) is 29.8 Å². The van der Waals surface area contributed by atoms with Gasteiger partial charge in [-0.05, 0) is 57.1 Å². The van der Waals surface area contributed by atoms with Gasteiger partial charge in [0.15, 0.2) is 0 Å². The summed E-state index contributed by atoms with van der Waals surface area (Å²) >= 11 is 12.1. The number of carbonyl (C=O) groups is 2. The number of nitrogens with one attached hydrogen (secondary N) is 2. The minimum Gasteiger partial charge on any atom is -0.355 e. The van der Waals surface area contributed by atoms with Crippen molar-refractivity contribution in [1.82, 2.24) is 5.32 Å². The molecule has 2 N–H and O–H groups in total. The number of allylic oxidation sites excluding steroid dienone is 1. The second-order valence-corrected chi connectivity index (χ2v) is 7.54. The highest BCUT2D eigenvalue weighted by molar-refractivity contribution is 6.44. The zero-order valence-electron chi connectivity index (χ0n) is 14.0. The molecule has 1 aromatic carbocycles. The average molecular weight is 381 g/mol. The molecular formula is C19H22Cl2N2O2. The molecule has 2 amide bonds. The van der Waals surface area contributed by atoms with E-state index in [0.717, 1.165) is 19.3 Å². The van der Waals surface area contributed by atoms with Gasteiger partial charge in [-0.25, -0.2) is 0 Å². The topological polar surface area (TPSA) is 58.2 Å². The highest BCUT2D eigenvalue weighted by Crippen LogP contribution is 2.47. The van der Waals surface area contributed by atoms with Crippen LogP contribution in [0.3, 0.4) is 0 Å². The van der Waals surface area contributed by atoms with Gasteiger partial charge in [-0.1, -0.05) is 40.9 Å². The Kier molecular flexibility index (Phi) is 5.70. The van der Waals surface area contributed by atoms with Gasteiger partial charge in [-0.15, -0.1) is 0 Å². The Bertz CT molecular complexity index is 711. The first-order valence-electron chi connectivity index (χ1n) is 8.74. The van der Waals surface area contributed by atoms with Crippen LogP contribution in [0.4, 0.5) is 5.69 Å². The summed E-state index contributed by atoms with van der Waals surface area (Å²) in [5.74, 6) is -0.509. The van der Waals surface area contributed by atoms with Gasteiger partial charge in [0, 0.05) is 6.54 Å². The summed E-state index contributed by atoms with van der Waals surface area (Å²) < 4.78 is 0. The first-order valence-corrected chi connectivity index (χ1v) is 9.50. The number of benzene rings is 1. The van der Waals surface area contributed by atoms with Crippen molar-refractivity contribution in [3.8, 4) is 0 Å². The van der Waals surface area contributed by atoms with E-state index in [-0.39, 0.29) is 16.8 Å². The molecule has 0 saturated heterocycles. The summed E-state index contributed by atoms with van der Waals surface area (Å²) in [4.78, 5) is 25.1. The molecule has 2 aliphatic rings. The lowest BCUT2D eigenvalue weighted by atomic mass is 9.97. The highest BCUT2D eigenvalue weighted by atomic mass is 35.5. The predicted molar refractivity (Wildman–Crippen MR) is 101 cm³/mol. The molecule has 2 aliphatic carbocycles. The van der Waals surface area contributed by atoms with Crippen LogP contribution in [-0.2, 0) is 9.59 Å². The fourth-order valence-corrected chi connectivity index (χ4v) is 3.51. The van der Waals surface area contributed by atoms with Gasteiger partial charge in [0.05, 0.1) is 15.7 Å². The minimum atomic E-state index is -0.966. The highest BCUT2D eigenvalue weighted by Gasteiger charge is 2.56. The zero-order valence-corrected chi connectivity index (χ0v) is 15.6. The molecule has 1 fully saturated rings. The Hall–Kier alpha value is -1.52. The van der Waals surface area contributed by atoms with E-state index in [1.54, 1.807) is 18.2 Å². The molecular weight excluding hydrogens is 359 g/mol. The molecule has 0 unspecified atom stereocenters. The molecule has 0 spiro atoms. The standard InChI is InChI=1S/C19H22Cl2N2O2/c20-14-7-4-8-15(16(14)21)23-18(25)19(10-11-19)17(24)22-12-9-13-5-2-1-3-6-13/h4-5,7-8H,1-3,6,9-12H2,(H,22,24)(H,23,25). The molecule has 0 aromatic heterocycles. The Balaban J connectivity index is 1.55. The van der Waals surface area contributed by atoms with E-state index in [0.29, 0.717) is 30.1 Å². The van der Waals surface area contributed by atoms with E-state index in [2.05, 4.69) is 16.7 Å². The Labute approximate surface area is 158 Å². The Morgan fingerprint density at radius 3 is 2.60 bits per heavy atom. The van der Waals surface area contributed by atoms with Crippen molar-refractivity contribution in [2.24, 2.45) is 5.41 Å². The third-order valence-corrected chi connectivity index (χ3v) is 5.75. The summed E-state index contributed by atoms with van der Waals surface area (Å²) in [5, 5.41) is 6.33. The van der Waals surface area contributed by atoms with Crippen molar-refractivity contribution in [2.45, 2.75) is 44.9 Å². The second-order valence-electron chi connectivity index (χ2n) is 6.75. The van der Waals surface area contributed by atoms with E-state index < -0.39 is 5.41 Å². The molecule has 134 valence electrons. The minimum absolute atomic E-state index is 0.195. The summed E-state index contributed by atoms with van der Waals surface area (Å²) in [6.07, 6.45) is 9.00. The van der Waals surface area contributed by atoms with Crippen molar-refractivity contribution < 1.29 is 9.59 Å². The Morgan fingerprint density at radius 1 is 1.12 bits per heavy atom. The number of amides is 2. The van der Waals surface area contributed by atoms with Gasteiger partial charge in [0.1, 0.15) is 5.41 Å². The third kappa shape index (κ3) is 4.18. The third-order valence-electron chi connectivity index (χ3n) is 4.94. The van der Waals surface area contributed by atoms with E-state index in [1.165, 1.54) is 18.4 Å². The fraction of sp³-hybridized carbons (Fsp3) is 0.474. The predicted octanol–water partition coefficient (Wildman–Crippen LogP) is 4.72. The molecule has 1 aromatic rings. The zero-order chi connectivity index (χ0) is 17.9. The SMILES string of the molecule is O=C(NCCC1=CCCCC1)C1(C(=O)Nc2cccc(Cl)c2Cl)CC1. The normalized spacial score (nSPS) is 18.2. The van der Waals surface area contributed by atoms with Crippen LogP contribution >= 0.6 is 23.2 Å². The lowest BCUT2D eigenvalue weighted by Crippen LogP contribution is -2.40. The summed E-state index contributed by atoms with van der Waals surface area (Å²) in [7, 11) is 0.